The zero-order valence-electron chi connectivity index (χ0n) is 16.0. The van der Waals surface area contributed by atoms with E-state index in [9.17, 15) is 9.59 Å². The first-order valence-electron chi connectivity index (χ1n) is 10.6. The minimum absolute atomic E-state index is 0.0725. The van der Waals surface area contributed by atoms with Crippen LogP contribution in [0.15, 0.2) is 30.3 Å². The first-order valence-corrected chi connectivity index (χ1v) is 10.6. The molecule has 1 aromatic carbocycles. The lowest BCUT2D eigenvalue weighted by Gasteiger charge is -2.37. The van der Waals surface area contributed by atoms with Gasteiger partial charge in [0.05, 0.1) is 0 Å². The molecule has 3 fully saturated rings. The molecule has 1 aliphatic heterocycles. The minimum atomic E-state index is -0.0725. The van der Waals surface area contributed by atoms with Crippen LogP contribution in [0, 0.1) is 5.92 Å². The van der Waals surface area contributed by atoms with Gasteiger partial charge in [-0.1, -0.05) is 30.3 Å². The SMILES string of the molecule is O=C(N[C@H]1CC[C@@H](C(=O)N2CCCCC2)C1)N[C@@H]1CC[C@@H]1c1ccccc1. The van der Waals surface area contributed by atoms with Gasteiger partial charge in [-0.15, -0.1) is 0 Å². The zero-order valence-corrected chi connectivity index (χ0v) is 16.0. The standard InChI is InChI=1S/C22H31N3O2/c26-21(25-13-5-2-6-14-25)17-9-10-18(15-17)23-22(27)24-20-12-11-19(20)16-7-3-1-4-8-16/h1,3-4,7-8,17-20H,2,5-6,9-15H2,(H2,23,24,27)/t17-,18+,19-,20-/m1/s1. The fourth-order valence-corrected chi connectivity index (χ4v) is 4.88. The number of carbonyl (C=O) groups excluding carboxylic acids is 2. The molecular formula is C22H31N3O2. The predicted molar refractivity (Wildman–Crippen MR) is 105 cm³/mol. The summed E-state index contributed by atoms with van der Waals surface area (Å²) in [5.41, 5.74) is 1.31. The Labute approximate surface area is 161 Å². The van der Waals surface area contributed by atoms with Crippen LogP contribution in [0.25, 0.3) is 0 Å². The van der Waals surface area contributed by atoms with E-state index in [1.54, 1.807) is 0 Å². The summed E-state index contributed by atoms with van der Waals surface area (Å²) in [6.45, 7) is 1.83. The van der Waals surface area contributed by atoms with Crippen molar-refractivity contribution in [3.63, 3.8) is 0 Å². The molecule has 27 heavy (non-hydrogen) atoms. The van der Waals surface area contributed by atoms with Gasteiger partial charge in [0.2, 0.25) is 5.91 Å². The Morgan fingerprint density at radius 1 is 0.889 bits per heavy atom. The van der Waals surface area contributed by atoms with Crippen LogP contribution in [0.5, 0.6) is 0 Å². The first-order chi connectivity index (χ1) is 13.2. The highest BCUT2D eigenvalue weighted by Crippen LogP contribution is 2.36. The summed E-state index contributed by atoms with van der Waals surface area (Å²) < 4.78 is 0. The van der Waals surface area contributed by atoms with E-state index in [1.807, 2.05) is 11.0 Å². The molecular weight excluding hydrogens is 338 g/mol. The molecule has 0 bridgehead atoms. The van der Waals surface area contributed by atoms with Crippen molar-refractivity contribution in [3.05, 3.63) is 35.9 Å². The molecule has 4 rings (SSSR count). The van der Waals surface area contributed by atoms with Gasteiger partial charge in [0.15, 0.2) is 0 Å². The quantitative estimate of drug-likeness (QED) is 0.854. The Balaban J connectivity index is 1.23. The number of hydrogen-bond acceptors (Lipinski definition) is 2. The summed E-state index contributed by atoms with van der Waals surface area (Å²) in [6, 6.07) is 10.7. The second kappa shape index (κ2) is 8.32. The fraction of sp³-hybridized carbons (Fsp3) is 0.636. The van der Waals surface area contributed by atoms with Gasteiger partial charge in [0.25, 0.3) is 0 Å². The number of amides is 3. The normalized spacial score (nSPS) is 30.4. The molecule has 3 aliphatic rings. The molecule has 3 amide bonds. The van der Waals surface area contributed by atoms with Crippen LogP contribution in [-0.4, -0.2) is 42.0 Å². The highest BCUT2D eigenvalue weighted by molar-refractivity contribution is 5.80. The van der Waals surface area contributed by atoms with Gasteiger partial charge in [-0.3, -0.25) is 4.79 Å². The van der Waals surface area contributed by atoms with Crippen molar-refractivity contribution in [1.29, 1.82) is 0 Å². The van der Waals surface area contributed by atoms with Crippen molar-refractivity contribution in [3.8, 4) is 0 Å². The van der Waals surface area contributed by atoms with Crippen molar-refractivity contribution in [2.45, 2.75) is 69.4 Å². The van der Waals surface area contributed by atoms with Crippen LogP contribution in [0.2, 0.25) is 0 Å². The van der Waals surface area contributed by atoms with Gasteiger partial charge < -0.3 is 15.5 Å². The molecule has 1 aromatic rings. The van der Waals surface area contributed by atoms with Gasteiger partial charge in [-0.2, -0.15) is 0 Å². The van der Waals surface area contributed by atoms with E-state index in [1.165, 1.54) is 12.0 Å². The van der Waals surface area contributed by atoms with E-state index in [2.05, 4.69) is 34.9 Å². The lowest BCUT2D eigenvalue weighted by molar-refractivity contribution is -0.136. The van der Waals surface area contributed by atoms with Crippen molar-refractivity contribution in [1.82, 2.24) is 15.5 Å². The molecule has 0 radical (unpaired) electrons. The third kappa shape index (κ3) is 4.28. The van der Waals surface area contributed by atoms with Crippen molar-refractivity contribution >= 4 is 11.9 Å². The number of carbonyl (C=O) groups is 2. The lowest BCUT2D eigenvalue weighted by atomic mass is 9.75. The summed E-state index contributed by atoms with van der Waals surface area (Å²) >= 11 is 0. The summed E-state index contributed by atoms with van der Waals surface area (Å²) in [6.07, 6.45) is 8.26. The largest absolute Gasteiger partial charge is 0.342 e. The Morgan fingerprint density at radius 3 is 2.37 bits per heavy atom. The molecule has 5 heteroatoms. The first kappa shape index (κ1) is 18.3. The smallest absolute Gasteiger partial charge is 0.315 e. The molecule has 0 aromatic heterocycles. The van der Waals surface area contributed by atoms with Gasteiger partial charge in [-0.25, -0.2) is 4.79 Å². The van der Waals surface area contributed by atoms with Gasteiger partial charge in [0.1, 0.15) is 0 Å². The lowest BCUT2D eigenvalue weighted by Crippen LogP contribution is -2.51. The summed E-state index contributed by atoms with van der Waals surface area (Å²) in [7, 11) is 0. The third-order valence-electron chi connectivity index (χ3n) is 6.60. The monoisotopic (exact) mass is 369 g/mol. The second-order valence-corrected chi connectivity index (χ2v) is 8.41. The predicted octanol–water partition coefficient (Wildman–Crippen LogP) is 3.41. The molecule has 146 valence electrons. The van der Waals surface area contributed by atoms with Gasteiger partial charge >= 0.3 is 6.03 Å². The Kier molecular flexibility index (Phi) is 5.65. The van der Waals surface area contributed by atoms with Crippen LogP contribution >= 0.6 is 0 Å². The Morgan fingerprint density at radius 2 is 1.67 bits per heavy atom. The fourth-order valence-electron chi connectivity index (χ4n) is 4.88. The molecule has 0 unspecified atom stereocenters. The molecule has 0 spiro atoms. The summed E-state index contributed by atoms with van der Waals surface area (Å²) in [4.78, 5) is 27.1. The number of hydrogen-bond donors (Lipinski definition) is 2. The second-order valence-electron chi connectivity index (χ2n) is 8.41. The molecule has 1 heterocycles. The highest BCUT2D eigenvalue weighted by Gasteiger charge is 2.36. The average molecular weight is 370 g/mol. The van der Waals surface area contributed by atoms with E-state index in [-0.39, 0.29) is 24.0 Å². The minimum Gasteiger partial charge on any atom is -0.342 e. The van der Waals surface area contributed by atoms with Crippen molar-refractivity contribution in [2.24, 2.45) is 5.92 Å². The van der Waals surface area contributed by atoms with Crippen LogP contribution in [-0.2, 0) is 4.79 Å². The third-order valence-corrected chi connectivity index (χ3v) is 6.60. The topological polar surface area (TPSA) is 61.4 Å². The van der Waals surface area contributed by atoms with Gasteiger partial charge in [0, 0.05) is 37.0 Å². The maximum absolute atomic E-state index is 12.7. The van der Waals surface area contributed by atoms with E-state index in [0.717, 1.165) is 58.0 Å². The van der Waals surface area contributed by atoms with Crippen molar-refractivity contribution < 1.29 is 9.59 Å². The van der Waals surface area contributed by atoms with Crippen molar-refractivity contribution in [2.75, 3.05) is 13.1 Å². The maximum Gasteiger partial charge on any atom is 0.315 e. The highest BCUT2D eigenvalue weighted by atomic mass is 16.2. The molecule has 5 nitrogen and oxygen atoms in total. The average Bonchev–Trinajstić information content (AvgIpc) is 3.14. The van der Waals surface area contributed by atoms with E-state index < -0.39 is 0 Å². The molecule has 2 N–H and O–H groups in total. The number of benzene rings is 1. The van der Waals surface area contributed by atoms with E-state index in [0.29, 0.717) is 11.8 Å². The van der Waals surface area contributed by atoms with E-state index in [4.69, 9.17) is 0 Å². The number of nitrogens with one attached hydrogen (secondary N) is 2. The maximum atomic E-state index is 12.7. The number of nitrogens with zero attached hydrogens (tertiary/aromatic N) is 1. The van der Waals surface area contributed by atoms with Crippen LogP contribution in [0.3, 0.4) is 0 Å². The van der Waals surface area contributed by atoms with Gasteiger partial charge in [-0.05, 0) is 56.9 Å². The number of urea groups is 1. The molecule has 2 aliphatic carbocycles. The van der Waals surface area contributed by atoms with Crippen LogP contribution in [0.1, 0.15) is 62.8 Å². The molecule has 2 saturated carbocycles. The molecule has 1 saturated heterocycles. The molecule has 4 atom stereocenters. The van der Waals surface area contributed by atoms with Crippen LogP contribution in [0.4, 0.5) is 4.79 Å². The number of rotatable bonds is 4. The Hall–Kier alpha value is -2.04. The zero-order chi connectivity index (χ0) is 18.6. The van der Waals surface area contributed by atoms with E-state index >= 15 is 0 Å². The number of likely N-dealkylation sites (tertiary alicyclic amines) is 1. The number of piperidine rings is 1. The summed E-state index contributed by atoms with van der Waals surface area (Å²) in [5.74, 6) is 0.825. The summed E-state index contributed by atoms with van der Waals surface area (Å²) in [5, 5.41) is 6.27. The Bertz CT molecular complexity index is 657. The van der Waals surface area contributed by atoms with Crippen LogP contribution < -0.4 is 10.6 Å².